The Kier molecular flexibility index (Phi) is 9.42. The fourth-order valence-corrected chi connectivity index (χ4v) is 7.30. The van der Waals surface area contributed by atoms with Crippen molar-refractivity contribution < 1.29 is 32.6 Å². The lowest BCUT2D eigenvalue weighted by Gasteiger charge is -2.31. The van der Waals surface area contributed by atoms with E-state index >= 15 is 0 Å². The Morgan fingerprint density at radius 1 is 1.09 bits per heavy atom. The summed E-state index contributed by atoms with van der Waals surface area (Å²) in [5.41, 5.74) is 3.10. The number of amides is 1. The molecule has 0 spiro atoms. The number of rotatable bonds is 12. The lowest BCUT2D eigenvalue weighted by atomic mass is 9.94. The first-order valence-corrected chi connectivity index (χ1v) is 15.2. The molecule has 4 N–H and O–H groups in total. The van der Waals surface area contributed by atoms with Crippen LogP contribution in [0, 0.1) is 11.8 Å². The zero-order valence-corrected chi connectivity index (χ0v) is 24.5. The number of nitrogens with one attached hydrogen (secondary N) is 3. The summed E-state index contributed by atoms with van der Waals surface area (Å²) in [6.07, 6.45) is -2.03. The average molecular weight is 621 g/mol. The van der Waals surface area contributed by atoms with Gasteiger partial charge in [-0.05, 0) is 87.5 Å². The molecule has 13 heteroatoms. The van der Waals surface area contributed by atoms with Crippen LogP contribution < -0.4 is 15.5 Å². The van der Waals surface area contributed by atoms with Crippen molar-refractivity contribution in [2.24, 2.45) is 11.8 Å². The number of H-pyrrole nitrogens is 1. The Bertz CT molecular complexity index is 1510. The molecule has 5 rings (SSSR count). The molecule has 2 aromatic carbocycles. The molecule has 0 radical (unpaired) electrons. The summed E-state index contributed by atoms with van der Waals surface area (Å²) in [5.74, 6) is -2.43. The van der Waals surface area contributed by atoms with Crippen LogP contribution in [0.15, 0.2) is 41.2 Å². The van der Waals surface area contributed by atoms with Crippen molar-refractivity contribution in [2.75, 3.05) is 33.2 Å². The van der Waals surface area contributed by atoms with Crippen molar-refractivity contribution >= 4 is 33.4 Å². The van der Waals surface area contributed by atoms with E-state index in [1.54, 1.807) is 18.2 Å². The van der Waals surface area contributed by atoms with Crippen molar-refractivity contribution in [1.82, 2.24) is 20.5 Å². The van der Waals surface area contributed by atoms with Gasteiger partial charge in [0.2, 0.25) is 0 Å². The number of fused-ring (bicyclic) bond motifs is 3. The maximum Gasteiger partial charge on any atom is 0.490 e. The third kappa shape index (κ3) is 7.22. The minimum atomic E-state index is -4.99. The van der Waals surface area contributed by atoms with Gasteiger partial charge in [0.05, 0.1) is 4.70 Å². The highest BCUT2D eigenvalue weighted by Crippen LogP contribution is 2.48. The lowest BCUT2D eigenvalue weighted by molar-refractivity contribution is -0.207. The molecule has 1 amide bonds. The first kappa shape index (κ1) is 31.0. The van der Waals surface area contributed by atoms with Gasteiger partial charge in [-0.25, -0.2) is 4.79 Å². The number of aromatic hydroxyl groups is 1. The van der Waals surface area contributed by atoms with Gasteiger partial charge in [0.15, 0.2) is 0 Å². The van der Waals surface area contributed by atoms with E-state index in [0.29, 0.717) is 43.6 Å². The first-order chi connectivity index (χ1) is 20.5. The summed E-state index contributed by atoms with van der Waals surface area (Å²) in [5, 5.41) is 16.2. The first-order valence-electron chi connectivity index (χ1n) is 14.4. The third-order valence-corrected chi connectivity index (χ3v) is 9.56. The van der Waals surface area contributed by atoms with E-state index in [9.17, 15) is 32.7 Å². The molecule has 4 atom stereocenters. The molecular formula is C30H35F3N4O5S. The number of thiazole rings is 1. The Morgan fingerprint density at radius 3 is 2.58 bits per heavy atom. The summed E-state index contributed by atoms with van der Waals surface area (Å²) < 4.78 is 43.7. The molecule has 1 aromatic heterocycles. The van der Waals surface area contributed by atoms with Gasteiger partial charge in [0.25, 0.3) is 5.91 Å². The van der Waals surface area contributed by atoms with Crippen LogP contribution in [0.1, 0.15) is 40.7 Å². The second-order valence-electron chi connectivity index (χ2n) is 11.3. The van der Waals surface area contributed by atoms with Gasteiger partial charge < -0.3 is 30.4 Å². The predicted molar refractivity (Wildman–Crippen MR) is 156 cm³/mol. The topological polar surface area (TPSA) is 124 Å². The van der Waals surface area contributed by atoms with E-state index in [-0.39, 0.29) is 34.4 Å². The Balaban J connectivity index is 1.01. The average Bonchev–Trinajstić information content (AvgIpc) is 3.66. The Hall–Kier alpha value is -3.42. The van der Waals surface area contributed by atoms with Crippen LogP contribution in [0.4, 0.5) is 13.2 Å². The fraction of sp³-hybridized carbons (Fsp3) is 0.500. The minimum Gasteiger partial charge on any atom is -0.506 e. The number of likely N-dealkylation sites (N-methyl/N-ethyl adjacent to an activating group) is 1. The number of aromatic amines is 1. The van der Waals surface area contributed by atoms with Gasteiger partial charge in [-0.15, -0.1) is 0 Å². The van der Waals surface area contributed by atoms with E-state index in [1.807, 2.05) is 30.1 Å². The van der Waals surface area contributed by atoms with Crippen LogP contribution in [0.2, 0.25) is 0 Å². The SMILES string of the molecule is CN(CCNC(=O)c1ccc(CCNCCc2ccc(O)c3[nH]c(=O)sc23)cc1)[C@H]1C[C@@H]2CC[C@H]1[C@@H]2OC(=O)C(F)(F)F. The number of benzene rings is 2. The predicted octanol–water partition coefficient (Wildman–Crippen LogP) is 3.60. The number of nitrogens with zero attached hydrogens (tertiary/aromatic N) is 1. The molecule has 232 valence electrons. The maximum atomic E-state index is 12.7. The van der Waals surface area contributed by atoms with E-state index in [4.69, 9.17) is 4.74 Å². The van der Waals surface area contributed by atoms with Crippen LogP contribution in [-0.2, 0) is 22.4 Å². The molecule has 0 unspecified atom stereocenters. The molecule has 2 aliphatic carbocycles. The lowest BCUT2D eigenvalue weighted by Crippen LogP contribution is -2.42. The monoisotopic (exact) mass is 620 g/mol. The van der Waals surface area contributed by atoms with Crippen molar-refractivity contribution in [3.63, 3.8) is 0 Å². The smallest absolute Gasteiger partial charge is 0.490 e. The number of carbonyl (C=O) groups excluding carboxylic acids is 2. The van der Waals surface area contributed by atoms with Crippen molar-refractivity contribution in [2.45, 2.75) is 50.4 Å². The van der Waals surface area contributed by atoms with Gasteiger partial charge in [0.1, 0.15) is 17.4 Å². The molecule has 0 aliphatic heterocycles. The molecule has 9 nitrogen and oxygen atoms in total. The second kappa shape index (κ2) is 13.1. The number of hydrogen-bond acceptors (Lipinski definition) is 8. The molecule has 2 aliphatic rings. The highest BCUT2D eigenvalue weighted by molar-refractivity contribution is 7.16. The van der Waals surface area contributed by atoms with Crippen molar-refractivity contribution in [3.8, 4) is 5.75 Å². The van der Waals surface area contributed by atoms with Gasteiger partial charge >= 0.3 is 17.0 Å². The molecule has 2 fully saturated rings. The number of esters is 1. The molecule has 1 heterocycles. The summed E-state index contributed by atoms with van der Waals surface area (Å²) in [6, 6.07) is 10.8. The summed E-state index contributed by atoms with van der Waals surface area (Å²) in [4.78, 5) is 40.2. The molecular weight excluding hydrogens is 585 g/mol. The summed E-state index contributed by atoms with van der Waals surface area (Å²) in [6.45, 7) is 2.36. The highest BCUT2D eigenvalue weighted by atomic mass is 32.1. The molecule has 0 saturated heterocycles. The van der Waals surface area contributed by atoms with Crippen molar-refractivity contribution in [1.29, 1.82) is 0 Å². The molecule has 3 aromatic rings. The van der Waals surface area contributed by atoms with Crippen LogP contribution in [0.3, 0.4) is 0 Å². The molecule has 2 bridgehead atoms. The van der Waals surface area contributed by atoms with E-state index in [2.05, 4.69) is 15.6 Å². The number of ether oxygens (including phenoxy) is 1. The summed E-state index contributed by atoms with van der Waals surface area (Å²) in [7, 11) is 1.89. The number of alkyl halides is 3. The fourth-order valence-electron chi connectivity index (χ4n) is 6.40. The largest absolute Gasteiger partial charge is 0.506 e. The van der Waals surface area contributed by atoms with Crippen LogP contribution in [0.25, 0.3) is 10.2 Å². The zero-order chi connectivity index (χ0) is 30.7. The van der Waals surface area contributed by atoms with E-state index < -0.39 is 18.2 Å². The van der Waals surface area contributed by atoms with E-state index in [1.165, 1.54) is 0 Å². The maximum absolute atomic E-state index is 12.7. The number of phenols is 1. The second-order valence-corrected chi connectivity index (χ2v) is 12.3. The summed E-state index contributed by atoms with van der Waals surface area (Å²) >= 11 is 1.09. The number of aromatic nitrogens is 1. The minimum absolute atomic E-state index is 0.0107. The van der Waals surface area contributed by atoms with Gasteiger partial charge in [-0.3, -0.25) is 9.59 Å². The van der Waals surface area contributed by atoms with E-state index in [0.717, 1.165) is 53.0 Å². The van der Waals surface area contributed by atoms with Crippen LogP contribution >= 0.6 is 11.3 Å². The van der Waals surface area contributed by atoms with Gasteiger partial charge in [-0.2, -0.15) is 13.2 Å². The highest BCUT2D eigenvalue weighted by Gasteiger charge is 2.54. The van der Waals surface area contributed by atoms with Gasteiger partial charge in [-0.1, -0.05) is 29.5 Å². The molecule has 43 heavy (non-hydrogen) atoms. The van der Waals surface area contributed by atoms with Crippen LogP contribution in [-0.4, -0.2) is 78.4 Å². The quantitative estimate of drug-likeness (QED) is 0.180. The number of halogens is 3. The standard InChI is InChI=1S/C30H35F3N4O5S/c1-37(22-16-20-6-8-21(22)25(20)42-28(40)30(31,32)33)15-14-35-27(39)19-4-2-17(3-5-19)10-12-34-13-11-18-7-9-23(38)24-26(18)43-29(41)36-24/h2-5,7,9,20-22,25,34,38H,6,8,10-16H2,1H3,(H,35,39)(H,36,41)/t20-,21+,22-,25+/m0/s1. The van der Waals surface area contributed by atoms with Crippen LogP contribution in [0.5, 0.6) is 5.75 Å². The molecule has 2 saturated carbocycles. The Morgan fingerprint density at radius 2 is 1.84 bits per heavy atom. The number of phenolic OH excluding ortho intramolecular Hbond substituents is 1. The number of hydrogen-bond donors (Lipinski definition) is 4. The number of carbonyl (C=O) groups is 2. The van der Waals surface area contributed by atoms with Gasteiger partial charge in [0, 0.05) is 30.6 Å². The third-order valence-electron chi connectivity index (χ3n) is 8.60. The Labute approximate surface area is 250 Å². The zero-order valence-electron chi connectivity index (χ0n) is 23.7. The normalized spacial score (nSPS) is 21.5. The van der Waals surface area contributed by atoms with Crippen molar-refractivity contribution in [3.05, 3.63) is 62.8 Å².